The summed E-state index contributed by atoms with van der Waals surface area (Å²) in [6.45, 7) is 0. The van der Waals surface area contributed by atoms with Crippen molar-refractivity contribution in [2.75, 3.05) is 14.2 Å². The number of ether oxygens (including phenoxy) is 2. The second kappa shape index (κ2) is 6.43. The molecule has 0 saturated heterocycles. The quantitative estimate of drug-likeness (QED) is 0.606. The Kier molecular flexibility index (Phi) is 4.63. The molecule has 1 saturated carbocycles. The molecular weight excluding hydrogens is 248 g/mol. The molecule has 0 amide bonds. The highest BCUT2D eigenvalue weighted by Gasteiger charge is 2.19. The molecule has 0 bridgehead atoms. The highest BCUT2D eigenvalue weighted by Crippen LogP contribution is 2.24. The van der Waals surface area contributed by atoms with Crippen LogP contribution in [0.15, 0.2) is 18.2 Å². The molecule has 2 rings (SSSR count). The normalized spacial score (nSPS) is 15.3. The Hall–Kier alpha value is -1.75. The van der Waals surface area contributed by atoms with E-state index in [1.165, 1.54) is 14.2 Å². The molecule has 0 atom stereocenters. The van der Waals surface area contributed by atoms with Gasteiger partial charge in [0, 0.05) is 6.07 Å². The van der Waals surface area contributed by atoms with E-state index in [0.717, 1.165) is 25.7 Å². The lowest BCUT2D eigenvalue weighted by Crippen LogP contribution is -2.13. The smallest absolute Gasteiger partial charge is 0.373 e. The Morgan fingerprint density at radius 3 is 2.16 bits per heavy atom. The Bertz CT molecular complexity index is 415. The molecule has 5 heteroatoms. The van der Waals surface area contributed by atoms with E-state index in [2.05, 4.69) is 0 Å². The summed E-state index contributed by atoms with van der Waals surface area (Å²) >= 11 is 0. The fourth-order valence-electron chi connectivity index (χ4n) is 2.07. The van der Waals surface area contributed by atoms with Crippen LogP contribution in [0.4, 0.5) is 0 Å². The van der Waals surface area contributed by atoms with E-state index in [1.54, 1.807) is 18.2 Å². The zero-order valence-electron chi connectivity index (χ0n) is 11.2. The highest BCUT2D eigenvalue weighted by molar-refractivity contribution is 5.90. The minimum Gasteiger partial charge on any atom is -0.497 e. The number of hydrogen-bond acceptors (Lipinski definition) is 5. The van der Waals surface area contributed by atoms with E-state index in [9.17, 15) is 4.79 Å². The van der Waals surface area contributed by atoms with E-state index in [4.69, 9.17) is 19.2 Å². The first-order valence-corrected chi connectivity index (χ1v) is 6.33. The van der Waals surface area contributed by atoms with Crippen molar-refractivity contribution in [1.82, 2.24) is 0 Å². The number of rotatable bonds is 5. The lowest BCUT2D eigenvalue weighted by atomic mass is 10.2. The van der Waals surface area contributed by atoms with E-state index < -0.39 is 5.97 Å². The van der Waals surface area contributed by atoms with Crippen molar-refractivity contribution in [2.45, 2.75) is 31.8 Å². The van der Waals surface area contributed by atoms with Crippen molar-refractivity contribution in [3.8, 4) is 11.5 Å². The summed E-state index contributed by atoms with van der Waals surface area (Å²) in [4.78, 5) is 21.9. The molecule has 104 valence electrons. The van der Waals surface area contributed by atoms with Gasteiger partial charge in [0.15, 0.2) is 0 Å². The Morgan fingerprint density at radius 1 is 1.05 bits per heavy atom. The lowest BCUT2D eigenvalue weighted by molar-refractivity contribution is -0.272. The minimum absolute atomic E-state index is 0.0245. The van der Waals surface area contributed by atoms with Crippen LogP contribution < -0.4 is 9.47 Å². The molecule has 0 aromatic heterocycles. The molecule has 0 radical (unpaired) electrons. The third-order valence-corrected chi connectivity index (χ3v) is 3.15. The van der Waals surface area contributed by atoms with Gasteiger partial charge in [-0.25, -0.2) is 4.79 Å². The first-order valence-electron chi connectivity index (χ1n) is 6.33. The molecule has 0 spiro atoms. The van der Waals surface area contributed by atoms with Crippen LogP contribution in [-0.4, -0.2) is 26.3 Å². The van der Waals surface area contributed by atoms with E-state index in [0.29, 0.717) is 17.1 Å². The van der Waals surface area contributed by atoms with Gasteiger partial charge in [-0.2, -0.15) is 4.89 Å². The van der Waals surface area contributed by atoms with Crippen molar-refractivity contribution >= 4 is 5.97 Å². The van der Waals surface area contributed by atoms with Crippen LogP contribution >= 0.6 is 0 Å². The summed E-state index contributed by atoms with van der Waals surface area (Å²) in [6, 6.07) is 4.86. The van der Waals surface area contributed by atoms with Crippen LogP contribution in [0, 0.1) is 0 Å². The highest BCUT2D eigenvalue weighted by atomic mass is 17.2. The molecule has 0 heterocycles. The van der Waals surface area contributed by atoms with Gasteiger partial charge in [-0.3, -0.25) is 4.89 Å². The second-order valence-electron chi connectivity index (χ2n) is 4.47. The molecule has 1 aliphatic carbocycles. The molecular formula is C14H18O5. The molecule has 5 nitrogen and oxygen atoms in total. The largest absolute Gasteiger partial charge is 0.497 e. The first kappa shape index (κ1) is 13.7. The van der Waals surface area contributed by atoms with Crippen molar-refractivity contribution in [3.63, 3.8) is 0 Å². The Balaban J connectivity index is 2.00. The van der Waals surface area contributed by atoms with Crippen LogP contribution in [0.2, 0.25) is 0 Å². The molecule has 1 aromatic carbocycles. The summed E-state index contributed by atoms with van der Waals surface area (Å²) < 4.78 is 10.2. The van der Waals surface area contributed by atoms with Crippen molar-refractivity contribution in [2.24, 2.45) is 0 Å². The zero-order chi connectivity index (χ0) is 13.7. The number of methoxy groups -OCH3 is 2. The predicted molar refractivity (Wildman–Crippen MR) is 68.3 cm³/mol. The molecule has 1 aliphatic rings. The monoisotopic (exact) mass is 266 g/mol. The Morgan fingerprint density at radius 2 is 1.63 bits per heavy atom. The standard InChI is InChI=1S/C14H18O5/c1-16-12-7-10(8-13(9-12)17-2)14(15)19-18-11-5-3-4-6-11/h7-9,11H,3-6H2,1-2H3. The molecule has 0 unspecified atom stereocenters. The van der Waals surface area contributed by atoms with Gasteiger partial charge in [-0.1, -0.05) is 12.8 Å². The summed E-state index contributed by atoms with van der Waals surface area (Å²) in [5.41, 5.74) is 0.342. The van der Waals surface area contributed by atoms with Crippen LogP contribution in [0.3, 0.4) is 0 Å². The van der Waals surface area contributed by atoms with Gasteiger partial charge in [-0.15, -0.1) is 0 Å². The van der Waals surface area contributed by atoms with E-state index in [1.807, 2.05) is 0 Å². The molecule has 19 heavy (non-hydrogen) atoms. The van der Waals surface area contributed by atoms with Crippen LogP contribution in [-0.2, 0) is 9.78 Å². The Labute approximate surface area is 112 Å². The number of carbonyl (C=O) groups is 1. The molecule has 1 aromatic rings. The van der Waals surface area contributed by atoms with Crippen molar-refractivity contribution < 1.29 is 24.0 Å². The summed E-state index contributed by atoms with van der Waals surface area (Å²) in [5, 5.41) is 0. The van der Waals surface area contributed by atoms with Crippen LogP contribution in [0.25, 0.3) is 0 Å². The third kappa shape index (κ3) is 3.61. The summed E-state index contributed by atoms with van der Waals surface area (Å²) in [5.74, 6) is 0.531. The number of hydrogen-bond donors (Lipinski definition) is 0. The molecule has 1 fully saturated rings. The number of carbonyl (C=O) groups excluding carboxylic acids is 1. The van der Waals surface area contributed by atoms with Crippen molar-refractivity contribution in [3.05, 3.63) is 23.8 Å². The topological polar surface area (TPSA) is 54.0 Å². The van der Waals surface area contributed by atoms with Crippen molar-refractivity contribution in [1.29, 1.82) is 0 Å². The van der Waals surface area contributed by atoms with Crippen LogP contribution in [0.5, 0.6) is 11.5 Å². The maximum absolute atomic E-state index is 11.9. The first-order chi connectivity index (χ1) is 9.22. The average molecular weight is 266 g/mol. The zero-order valence-corrected chi connectivity index (χ0v) is 11.2. The van der Waals surface area contributed by atoms with E-state index >= 15 is 0 Å². The number of benzene rings is 1. The maximum Gasteiger partial charge on any atom is 0.373 e. The SMILES string of the molecule is COc1cc(OC)cc(C(=O)OOC2CCCC2)c1. The van der Waals surface area contributed by atoms with Gasteiger partial charge in [-0.05, 0) is 25.0 Å². The minimum atomic E-state index is -0.538. The fourth-order valence-corrected chi connectivity index (χ4v) is 2.07. The van der Waals surface area contributed by atoms with Crippen LogP contribution in [0.1, 0.15) is 36.0 Å². The van der Waals surface area contributed by atoms with Gasteiger partial charge in [0.1, 0.15) is 17.6 Å². The molecule has 0 aliphatic heterocycles. The maximum atomic E-state index is 11.9. The van der Waals surface area contributed by atoms with Gasteiger partial charge >= 0.3 is 5.97 Å². The molecule has 0 N–H and O–H groups in total. The summed E-state index contributed by atoms with van der Waals surface area (Å²) in [7, 11) is 3.05. The van der Waals surface area contributed by atoms with E-state index in [-0.39, 0.29) is 6.10 Å². The fraction of sp³-hybridized carbons (Fsp3) is 0.500. The third-order valence-electron chi connectivity index (χ3n) is 3.15. The predicted octanol–water partition coefficient (Wildman–Crippen LogP) is 2.73. The van der Waals surface area contributed by atoms with Gasteiger partial charge in [0.25, 0.3) is 0 Å². The lowest BCUT2D eigenvalue weighted by Gasteiger charge is -2.10. The second-order valence-corrected chi connectivity index (χ2v) is 4.47. The van der Waals surface area contributed by atoms with Gasteiger partial charge in [0.2, 0.25) is 0 Å². The van der Waals surface area contributed by atoms with Gasteiger partial charge in [0.05, 0.1) is 19.8 Å². The average Bonchev–Trinajstić information content (AvgIpc) is 2.97. The summed E-state index contributed by atoms with van der Waals surface area (Å²) in [6.07, 6.45) is 4.14. The van der Waals surface area contributed by atoms with Gasteiger partial charge < -0.3 is 9.47 Å².